The van der Waals surface area contributed by atoms with Crippen LogP contribution >= 0.6 is 0 Å². The van der Waals surface area contributed by atoms with Crippen LogP contribution in [0.1, 0.15) is 28.4 Å². The maximum atomic E-state index is 13.3. The van der Waals surface area contributed by atoms with Gasteiger partial charge in [-0.25, -0.2) is 0 Å². The summed E-state index contributed by atoms with van der Waals surface area (Å²) in [5.74, 6) is 0.809. The number of benzene rings is 3. The zero-order valence-electron chi connectivity index (χ0n) is 17.4. The van der Waals surface area contributed by atoms with Gasteiger partial charge in [0.15, 0.2) is 0 Å². The molecule has 1 atom stereocenters. The van der Waals surface area contributed by atoms with Gasteiger partial charge in [-0.3, -0.25) is 4.79 Å². The van der Waals surface area contributed by atoms with Crippen LogP contribution in [0.3, 0.4) is 0 Å². The number of fused-ring (bicyclic) bond motifs is 3. The van der Waals surface area contributed by atoms with Gasteiger partial charge in [-0.15, -0.1) is 0 Å². The first-order chi connectivity index (χ1) is 15.2. The summed E-state index contributed by atoms with van der Waals surface area (Å²) in [6.07, 6.45) is 4.38. The van der Waals surface area contributed by atoms with Crippen molar-refractivity contribution in [3.05, 3.63) is 107 Å². The third-order valence-electron chi connectivity index (χ3n) is 5.97. The molecule has 0 spiro atoms. The monoisotopic (exact) mass is 408 g/mol. The van der Waals surface area contributed by atoms with E-state index in [1.54, 1.807) is 13.2 Å². The molecule has 1 unspecified atom stereocenters. The quantitative estimate of drug-likeness (QED) is 0.462. The summed E-state index contributed by atoms with van der Waals surface area (Å²) < 4.78 is 5.21. The lowest BCUT2D eigenvalue weighted by atomic mass is 9.92. The van der Waals surface area contributed by atoms with Crippen LogP contribution in [0, 0.1) is 0 Å². The second-order valence-electron chi connectivity index (χ2n) is 7.76. The van der Waals surface area contributed by atoms with Gasteiger partial charge in [-0.05, 0) is 47.4 Å². The zero-order chi connectivity index (χ0) is 21.2. The number of para-hydroxylation sites is 1. The fourth-order valence-corrected chi connectivity index (χ4v) is 4.44. The molecule has 4 heteroatoms. The van der Waals surface area contributed by atoms with Crippen molar-refractivity contribution < 1.29 is 9.53 Å². The molecule has 1 N–H and O–H groups in total. The summed E-state index contributed by atoms with van der Waals surface area (Å²) in [5.41, 5.74) is 5.63. The van der Waals surface area contributed by atoms with E-state index in [1.807, 2.05) is 59.5 Å². The average Bonchev–Trinajstić information content (AvgIpc) is 3.21. The van der Waals surface area contributed by atoms with Crippen LogP contribution in [0.5, 0.6) is 5.75 Å². The summed E-state index contributed by atoms with van der Waals surface area (Å²) >= 11 is 0. The van der Waals surface area contributed by atoms with Crippen molar-refractivity contribution in [1.82, 2.24) is 9.88 Å². The van der Waals surface area contributed by atoms with Crippen molar-refractivity contribution in [3.8, 4) is 5.75 Å². The predicted molar refractivity (Wildman–Crippen MR) is 124 cm³/mol. The Morgan fingerprint density at radius 3 is 2.52 bits per heavy atom. The van der Waals surface area contributed by atoms with Crippen molar-refractivity contribution in [2.75, 3.05) is 13.7 Å². The van der Waals surface area contributed by atoms with Crippen molar-refractivity contribution in [2.45, 2.75) is 12.5 Å². The Morgan fingerprint density at radius 2 is 1.74 bits per heavy atom. The molecule has 0 saturated carbocycles. The van der Waals surface area contributed by atoms with Crippen LogP contribution in [0.25, 0.3) is 17.0 Å². The number of H-pyrrole nitrogens is 1. The van der Waals surface area contributed by atoms with Crippen LogP contribution in [0.15, 0.2) is 84.9 Å². The van der Waals surface area contributed by atoms with E-state index >= 15 is 0 Å². The first-order valence-corrected chi connectivity index (χ1v) is 10.5. The molecule has 3 aromatic carbocycles. The SMILES string of the molecule is COc1ccc(/C=C/C(=O)N2CCc3c([nH]c4ccccc34)C2c2ccccc2)cc1. The van der Waals surface area contributed by atoms with Gasteiger partial charge in [0, 0.05) is 29.2 Å². The molecule has 1 amide bonds. The van der Waals surface area contributed by atoms with Crippen LogP contribution in [-0.4, -0.2) is 29.4 Å². The van der Waals surface area contributed by atoms with E-state index in [0.29, 0.717) is 6.54 Å². The van der Waals surface area contributed by atoms with Crippen molar-refractivity contribution in [3.63, 3.8) is 0 Å². The minimum absolute atomic E-state index is 0.00831. The Morgan fingerprint density at radius 1 is 1.00 bits per heavy atom. The zero-order valence-corrected chi connectivity index (χ0v) is 17.4. The van der Waals surface area contributed by atoms with Gasteiger partial charge < -0.3 is 14.6 Å². The number of nitrogens with zero attached hydrogens (tertiary/aromatic N) is 1. The predicted octanol–water partition coefficient (Wildman–Crippen LogP) is 5.36. The molecule has 0 bridgehead atoms. The largest absolute Gasteiger partial charge is 0.497 e. The molecule has 154 valence electrons. The summed E-state index contributed by atoms with van der Waals surface area (Å²) in [7, 11) is 1.65. The molecule has 1 aromatic heterocycles. The van der Waals surface area contributed by atoms with Crippen LogP contribution < -0.4 is 4.74 Å². The van der Waals surface area contributed by atoms with Crippen molar-refractivity contribution >= 4 is 22.9 Å². The molecule has 31 heavy (non-hydrogen) atoms. The smallest absolute Gasteiger partial charge is 0.247 e. The number of aromatic nitrogens is 1. The van der Waals surface area contributed by atoms with Crippen molar-refractivity contribution in [1.29, 1.82) is 0 Å². The molecule has 0 aliphatic carbocycles. The number of rotatable bonds is 4. The van der Waals surface area contributed by atoms with Gasteiger partial charge in [0.1, 0.15) is 5.75 Å². The second kappa shape index (κ2) is 8.15. The van der Waals surface area contributed by atoms with E-state index < -0.39 is 0 Å². The van der Waals surface area contributed by atoms with E-state index in [9.17, 15) is 4.79 Å². The highest BCUT2D eigenvalue weighted by atomic mass is 16.5. The molecule has 4 nitrogen and oxygen atoms in total. The molecule has 0 radical (unpaired) electrons. The van der Waals surface area contributed by atoms with Gasteiger partial charge in [-0.2, -0.15) is 0 Å². The molecule has 2 heterocycles. The topological polar surface area (TPSA) is 45.3 Å². The lowest BCUT2D eigenvalue weighted by molar-refractivity contribution is -0.128. The lowest BCUT2D eigenvalue weighted by Gasteiger charge is -2.35. The standard InChI is InChI=1S/C27H24N2O2/c1-31-21-14-11-19(12-15-21)13-16-25(30)29-18-17-23-22-9-5-6-10-24(22)28-26(23)27(29)20-7-3-2-4-8-20/h2-16,27-28H,17-18H2,1H3/b16-13+. The van der Waals surface area contributed by atoms with Gasteiger partial charge in [0.2, 0.25) is 5.91 Å². The number of nitrogens with one attached hydrogen (secondary N) is 1. The van der Waals surface area contributed by atoms with Crippen LogP contribution in [0.4, 0.5) is 0 Å². The first-order valence-electron chi connectivity index (χ1n) is 10.5. The first kappa shape index (κ1) is 19.2. The molecular weight excluding hydrogens is 384 g/mol. The molecule has 1 aliphatic heterocycles. The third-order valence-corrected chi connectivity index (χ3v) is 5.97. The minimum atomic E-state index is -0.134. The third kappa shape index (κ3) is 3.61. The maximum Gasteiger partial charge on any atom is 0.247 e. The Hall–Kier alpha value is -3.79. The molecule has 5 rings (SSSR count). The van der Waals surface area contributed by atoms with E-state index in [1.165, 1.54) is 10.9 Å². The molecule has 1 aliphatic rings. The van der Waals surface area contributed by atoms with E-state index in [2.05, 4.69) is 35.3 Å². The van der Waals surface area contributed by atoms with Gasteiger partial charge >= 0.3 is 0 Å². The molecular formula is C27H24N2O2. The second-order valence-corrected chi connectivity index (χ2v) is 7.76. The summed E-state index contributed by atoms with van der Waals surface area (Å²) in [6, 6.07) is 26.2. The lowest BCUT2D eigenvalue weighted by Crippen LogP contribution is -2.39. The van der Waals surface area contributed by atoms with Crippen LogP contribution in [0.2, 0.25) is 0 Å². The highest BCUT2D eigenvalue weighted by molar-refractivity contribution is 5.93. The molecule has 4 aromatic rings. The maximum absolute atomic E-state index is 13.3. The highest BCUT2D eigenvalue weighted by Gasteiger charge is 2.33. The summed E-state index contributed by atoms with van der Waals surface area (Å²) in [5, 5.41) is 1.25. The number of aromatic amines is 1. The number of hydrogen-bond acceptors (Lipinski definition) is 2. The number of carbonyl (C=O) groups is 1. The van der Waals surface area contributed by atoms with E-state index in [-0.39, 0.29) is 11.9 Å². The van der Waals surface area contributed by atoms with Gasteiger partial charge in [0.05, 0.1) is 13.2 Å². The van der Waals surface area contributed by atoms with Crippen molar-refractivity contribution in [2.24, 2.45) is 0 Å². The number of hydrogen-bond donors (Lipinski definition) is 1. The Kier molecular flexibility index (Phi) is 5.04. The van der Waals surface area contributed by atoms with E-state index in [0.717, 1.165) is 34.5 Å². The molecule has 0 saturated heterocycles. The Balaban J connectivity index is 1.51. The fourth-order valence-electron chi connectivity index (χ4n) is 4.44. The number of amides is 1. The van der Waals surface area contributed by atoms with Gasteiger partial charge in [-0.1, -0.05) is 60.7 Å². The average molecular weight is 409 g/mol. The minimum Gasteiger partial charge on any atom is -0.497 e. The Labute approximate surface area is 181 Å². The van der Waals surface area contributed by atoms with E-state index in [4.69, 9.17) is 4.74 Å². The fraction of sp³-hybridized carbons (Fsp3) is 0.148. The molecule has 0 fully saturated rings. The summed E-state index contributed by atoms with van der Waals surface area (Å²) in [4.78, 5) is 18.9. The normalized spacial score (nSPS) is 15.9. The van der Waals surface area contributed by atoms with Crippen LogP contribution in [-0.2, 0) is 11.2 Å². The number of methoxy groups -OCH3 is 1. The van der Waals surface area contributed by atoms with Gasteiger partial charge in [0.25, 0.3) is 0 Å². The number of carbonyl (C=O) groups excluding carboxylic acids is 1. The number of ether oxygens (including phenoxy) is 1. The highest BCUT2D eigenvalue weighted by Crippen LogP contribution is 2.38. The summed E-state index contributed by atoms with van der Waals surface area (Å²) in [6.45, 7) is 0.681. The Bertz CT molecular complexity index is 1240.